The Morgan fingerprint density at radius 1 is 0.568 bits per heavy atom. The van der Waals surface area contributed by atoms with Crippen molar-refractivity contribution in [3.05, 3.63) is 96.6 Å². The molecular formula is C40H43N3O. The highest BCUT2D eigenvalue weighted by Gasteiger charge is 2.59. The number of fused-ring (bicyclic) bond motifs is 5. The first-order valence-electron chi connectivity index (χ1n) is 17.3. The van der Waals surface area contributed by atoms with Gasteiger partial charge in [-0.3, -0.25) is 4.90 Å². The van der Waals surface area contributed by atoms with Crippen LogP contribution in [0.2, 0.25) is 0 Å². The van der Waals surface area contributed by atoms with Crippen molar-refractivity contribution in [3.63, 3.8) is 0 Å². The van der Waals surface area contributed by atoms with Crippen LogP contribution in [0.4, 0.5) is 0 Å². The van der Waals surface area contributed by atoms with Crippen LogP contribution in [-0.2, 0) is 4.74 Å². The van der Waals surface area contributed by atoms with Gasteiger partial charge in [0.1, 0.15) is 0 Å². The van der Waals surface area contributed by atoms with E-state index in [0.29, 0.717) is 30.2 Å². The fourth-order valence-corrected chi connectivity index (χ4v) is 10.0. The Bertz CT molecular complexity index is 1560. The molecule has 0 radical (unpaired) electrons. The standard InChI is InChI=1S/C40H43N3O/c1-3-11-26(12-4-1)33-25-34(27-13-5-2-6-14-27)42-40(41-33)30-16-9-15-28(23-30)29-21-22-35-32(24-29)31-17-10-20-38-39(31)43(35)36-18-7-8-19-37(36)44-38/h1-6,9,11-16,23,25,29,31-32,35-39H,7-8,10,17-22,24H2. The van der Waals surface area contributed by atoms with Gasteiger partial charge in [0.25, 0.3) is 0 Å². The lowest BCUT2D eigenvalue weighted by Gasteiger charge is -2.53. The van der Waals surface area contributed by atoms with Crippen LogP contribution in [0.5, 0.6) is 0 Å². The second-order valence-electron chi connectivity index (χ2n) is 14.2. The number of aromatic nitrogens is 2. The lowest BCUT2D eigenvalue weighted by molar-refractivity contribution is -0.177. The van der Waals surface area contributed by atoms with Gasteiger partial charge in [-0.25, -0.2) is 9.97 Å². The van der Waals surface area contributed by atoms with Crippen LogP contribution in [0.25, 0.3) is 33.9 Å². The normalized spacial score (nSPS) is 32.8. The van der Waals surface area contributed by atoms with Crippen LogP contribution in [0.3, 0.4) is 0 Å². The first-order valence-corrected chi connectivity index (χ1v) is 17.3. The summed E-state index contributed by atoms with van der Waals surface area (Å²) in [6.07, 6.45) is 14.3. The summed E-state index contributed by atoms with van der Waals surface area (Å²) in [6, 6.07) is 34.5. The van der Waals surface area contributed by atoms with Crippen LogP contribution in [0.1, 0.15) is 75.7 Å². The SMILES string of the molecule is c1ccc(-c2cc(-c3ccccc3)nc(-c3cccc(C4CCC5C(C4)C4CCCC6OC7CCCCC7N5C64)c3)n2)cc1. The largest absolute Gasteiger partial charge is 0.372 e. The van der Waals surface area contributed by atoms with Crippen molar-refractivity contribution < 1.29 is 4.74 Å². The average molecular weight is 582 g/mol. The van der Waals surface area contributed by atoms with Gasteiger partial charge in [0.05, 0.1) is 23.6 Å². The minimum atomic E-state index is 0.480. The summed E-state index contributed by atoms with van der Waals surface area (Å²) in [7, 11) is 0. The number of hydrogen-bond acceptors (Lipinski definition) is 4. The summed E-state index contributed by atoms with van der Waals surface area (Å²) in [5.74, 6) is 3.03. The van der Waals surface area contributed by atoms with Crippen molar-refractivity contribution in [2.75, 3.05) is 0 Å². The van der Waals surface area contributed by atoms with E-state index in [0.717, 1.165) is 51.8 Å². The number of nitrogens with zero attached hydrogens (tertiary/aromatic N) is 3. The maximum atomic E-state index is 6.88. The molecule has 3 heterocycles. The molecule has 3 saturated carbocycles. The maximum absolute atomic E-state index is 6.88. The van der Waals surface area contributed by atoms with Gasteiger partial charge >= 0.3 is 0 Å². The smallest absolute Gasteiger partial charge is 0.160 e. The summed E-state index contributed by atoms with van der Waals surface area (Å²) < 4.78 is 6.88. The molecule has 8 unspecified atom stereocenters. The molecule has 1 aromatic heterocycles. The zero-order valence-corrected chi connectivity index (χ0v) is 25.6. The molecule has 3 aromatic carbocycles. The third-order valence-electron chi connectivity index (χ3n) is 11.9. The van der Waals surface area contributed by atoms with E-state index in [4.69, 9.17) is 14.7 Å². The van der Waals surface area contributed by atoms with E-state index in [-0.39, 0.29) is 0 Å². The molecule has 8 atom stereocenters. The lowest BCUT2D eigenvalue weighted by atomic mass is 9.68. The topological polar surface area (TPSA) is 38.2 Å². The molecule has 0 N–H and O–H groups in total. The average Bonchev–Trinajstić information content (AvgIpc) is 3.44. The Labute approximate surface area is 261 Å². The molecule has 44 heavy (non-hydrogen) atoms. The van der Waals surface area contributed by atoms with E-state index in [1.54, 1.807) is 0 Å². The molecule has 0 amide bonds. The van der Waals surface area contributed by atoms with Crippen LogP contribution < -0.4 is 0 Å². The van der Waals surface area contributed by atoms with Crippen LogP contribution >= 0.6 is 0 Å². The number of benzene rings is 3. The Balaban J connectivity index is 1.03. The summed E-state index contributed by atoms with van der Waals surface area (Å²) in [6.45, 7) is 0. The van der Waals surface area contributed by atoms with E-state index < -0.39 is 0 Å². The fraction of sp³-hybridized carbons (Fsp3) is 0.450. The highest BCUT2D eigenvalue weighted by atomic mass is 16.5. The van der Waals surface area contributed by atoms with Crippen molar-refractivity contribution >= 4 is 0 Å². The minimum Gasteiger partial charge on any atom is -0.372 e. The maximum Gasteiger partial charge on any atom is 0.160 e. The van der Waals surface area contributed by atoms with E-state index in [2.05, 4.69) is 95.9 Å². The van der Waals surface area contributed by atoms with Crippen molar-refractivity contribution in [2.45, 2.75) is 100 Å². The van der Waals surface area contributed by atoms with Crippen molar-refractivity contribution in [2.24, 2.45) is 11.8 Å². The van der Waals surface area contributed by atoms with Gasteiger partial charge in [0.2, 0.25) is 0 Å². The van der Waals surface area contributed by atoms with Crippen LogP contribution in [0.15, 0.2) is 91.0 Å². The second kappa shape index (κ2) is 11.2. The molecule has 2 saturated heterocycles. The summed E-state index contributed by atoms with van der Waals surface area (Å²) in [4.78, 5) is 13.3. The Kier molecular flexibility index (Phi) is 6.89. The van der Waals surface area contributed by atoms with E-state index in [1.165, 1.54) is 69.8 Å². The second-order valence-corrected chi connectivity index (χ2v) is 14.2. The van der Waals surface area contributed by atoms with Crippen LogP contribution in [-0.4, -0.2) is 45.2 Å². The van der Waals surface area contributed by atoms with Gasteiger partial charge in [-0.05, 0) is 80.4 Å². The quantitative estimate of drug-likeness (QED) is 0.241. The van der Waals surface area contributed by atoms with E-state index in [9.17, 15) is 0 Å². The highest BCUT2D eigenvalue weighted by Crippen LogP contribution is 2.56. The minimum absolute atomic E-state index is 0.480. The fourth-order valence-electron chi connectivity index (χ4n) is 10.0. The predicted molar refractivity (Wildman–Crippen MR) is 176 cm³/mol. The van der Waals surface area contributed by atoms with Gasteiger partial charge in [-0.2, -0.15) is 0 Å². The third kappa shape index (κ3) is 4.64. The Hall–Kier alpha value is -3.34. The van der Waals surface area contributed by atoms with Crippen molar-refractivity contribution in [3.8, 4) is 33.9 Å². The summed E-state index contributed by atoms with van der Waals surface area (Å²) in [5, 5.41) is 0. The van der Waals surface area contributed by atoms with Crippen LogP contribution in [0, 0.1) is 11.8 Å². The Morgan fingerprint density at radius 3 is 2.05 bits per heavy atom. The molecule has 5 aliphatic rings. The molecule has 224 valence electrons. The number of morpholine rings is 1. The van der Waals surface area contributed by atoms with E-state index in [1.807, 2.05) is 0 Å². The highest BCUT2D eigenvalue weighted by molar-refractivity contribution is 5.71. The van der Waals surface area contributed by atoms with Gasteiger partial charge in [0, 0.05) is 34.8 Å². The molecule has 5 fully saturated rings. The van der Waals surface area contributed by atoms with Gasteiger partial charge in [0.15, 0.2) is 5.82 Å². The lowest BCUT2D eigenvalue weighted by Crippen LogP contribution is -2.63. The molecule has 0 bridgehead atoms. The molecule has 2 aliphatic heterocycles. The molecule has 4 aromatic rings. The van der Waals surface area contributed by atoms with Crippen molar-refractivity contribution in [1.29, 1.82) is 0 Å². The van der Waals surface area contributed by atoms with Gasteiger partial charge in [-0.1, -0.05) is 98.1 Å². The summed E-state index contributed by atoms with van der Waals surface area (Å²) in [5.41, 5.74) is 6.78. The van der Waals surface area contributed by atoms with Crippen molar-refractivity contribution in [1.82, 2.24) is 14.9 Å². The predicted octanol–water partition coefficient (Wildman–Crippen LogP) is 8.92. The van der Waals surface area contributed by atoms with Gasteiger partial charge < -0.3 is 4.74 Å². The molecular weight excluding hydrogens is 538 g/mol. The first-order chi connectivity index (χ1) is 21.8. The molecule has 3 aliphatic carbocycles. The zero-order chi connectivity index (χ0) is 29.0. The molecule has 4 heteroatoms. The molecule has 0 spiro atoms. The molecule has 9 rings (SSSR count). The summed E-state index contributed by atoms with van der Waals surface area (Å²) >= 11 is 0. The first kappa shape index (κ1) is 27.0. The third-order valence-corrected chi connectivity index (χ3v) is 11.9. The van der Waals surface area contributed by atoms with Gasteiger partial charge in [-0.15, -0.1) is 0 Å². The number of ether oxygens (including phenoxy) is 1. The Morgan fingerprint density at radius 2 is 1.27 bits per heavy atom. The molecule has 4 nitrogen and oxygen atoms in total. The monoisotopic (exact) mass is 581 g/mol. The number of rotatable bonds is 4. The zero-order valence-electron chi connectivity index (χ0n) is 25.6. The van der Waals surface area contributed by atoms with E-state index >= 15 is 0 Å². The number of hydrogen-bond donors (Lipinski definition) is 0.